The molecule has 0 unspecified atom stereocenters. The van der Waals surface area contributed by atoms with Crippen molar-refractivity contribution in [1.29, 1.82) is 0 Å². The molecule has 2 aromatic heterocycles. The lowest BCUT2D eigenvalue weighted by Crippen LogP contribution is -2.09. The minimum atomic E-state index is -1.00. The first kappa shape index (κ1) is 11.3. The van der Waals surface area contributed by atoms with Gasteiger partial charge in [0.25, 0.3) is 0 Å². The Labute approximate surface area is 98.0 Å². The van der Waals surface area contributed by atoms with Gasteiger partial charge in [-0.1, -0.05) is 0 Å². The monoisotopic (exact) mass is 232 g/mol. The lowest BCUT2D eigenvalue weighted by Gasteiger charge is -2.07. The molecule has 2 heterocycles. The van der Waals surface area contributed by atoms with E-state index in [-0.39, 0.29) is 5.56 Å². The van der Waals surface area contributed by atoms with Crippen molar-refractivity contribution < 1.29 is 9.90 Å². The number of carboxylic acid groups (broad SMARTS) is 1. The van der Waals surface area contributed by atoms with Crippen molar-refractivity contribution in [3.63, 3.8) is 0 Å². The summed E-state index contributed by atoms with van der Waals surface area (Å²) in [6.07, 6.45) is 3.29. The number of carbonyl (C=O) groups is 1. The van der Waals surface area contributed by atoms with Crippen molar-refractivity contribution in [3.05, 3.63) is 29.5 Å². The van der Waals surface area contributed by atoms with E-state index in [2.05, 4.69) is 15.0 Å². The SMILES string of the molecule is Cc1nc(-c2cncn2C)nc(C)c1C(=O)O. The Morgan fingerprint density at radius 1 is 1.29 bits per heavy atom. The highest BCUT2D eigenvalue weighted by Gasteiger charge is 2.16. The molecule has 0 aliphatic rings. The Bertz CT molecular complexity index is 566. The Kier molecular flexibility index (Phi) is 2.63. The highest BCUT2D eigenvalue weighted by Crippen LogP contribution is 2.17. The first-order valence-corrected chi connectivity index (χ1v) is 5.06. The first-order chi connectivity index (χ1) is 8.00. The Morgan fingerprint density at radius 2 is 1.88 bits per heavy atom. The third kappa shape index (κ3) is 1.89. The van der Waals surface area contributed by atoms with Gasteiger partial charge in [-0.3, -0.25) is 0 Å². The summed E-state index contributed by atoms with van der Waals surface area (Å²) in [5.41, 5.74) is 1.84. The van der Waals surface area contributed by atoms with E-state index >= 15 is 0 Å². The van der Waals surface area contributed by atoms with Crippen molar-refractivity contribution in [2.45, 2.75) is 13.8 Å². The van der Waals surface area contributed by atoms with Crippen LogP contribution in [0.3, 0.4) is 0 Å². The van der Waals surface area contributed by atoms with E-state index in [4.69, 9.17) is 5.11 Å². The molecule has 1 N–H and O–H groups in total. The third-order valence-electron chi connectivity index (χ3n) is 2.53. The Balaban J connectivity index is 2.61. The van der Waals surface area contributed by atoms with Crippen LogP contribution in [0.25, 0.3) is 11.5 Å². The molecule has 88 valence electrons. The van der Waals surface area contributed by atoms with E-state index < -0.39 is 5.97 Å². The predicted molar refractivity (Wildman–Crippen MR) is 60.7 cm³/mol. The number of aryl methyl sites for hydroxylation is 3. The minimum Gasteiger partial charge on any atom is -0.478 e. The van der Waals surface area contributed by atoms with Crippen molar-refractivity contribution >= 4 is 5.97 Å². The molecule has 0 atom stereocenters. The molecule has 0 bridgehead atoms. The molecule has 0 aromatic carbocycles. The summed E-state index contributed by atoms with van der Waals surface area (Å²) in [5, 5.41) is 9.02. The van der Waals surface area contributed by atoms with Gasteiger partial charge in [-0.05, 0) is 13.8 Å². The van der Waals surface area contributed by atoms with Gasteiger partial charge in [0.1, 0.15) is 11.3 Å². The second-order valence-corrected chi connectivity index (χ2v) is 3.79. The minimum absolute atomic E-state index is 0.163. The molecule has 0 radical (unpaired) electrons. The molecule has 0 aliphatic carbocycles. The van der Waals surface area contributed by atoms with Gasteiger partial charge in [-0.15, -0.1) is 0 Å². The molecule has 17 heavy (non-hydrogen) atoms. The van der Waals surface area contributed by atoms with E-state index in [0.29, 0.717) is 17.2 Å². The summed E-state index contributed by atoms with van der Waals surface area (Å²) in [6, 6.07) is 0. The standard InChI is InChI=1S/C11H12N4O2/c1-6-9(11(16)17)7(2)14-10(13-6)8-4-12-5-15(8)3/h4-5H,1-3H3,(H,16,17). The van der Waals surface area contributed by atoms with Crippen LogP contribution in [0, 0.1) is 13.8 Å². The maximum atomic E-state index is 11.0. The topological polar surface area (TPSA) is 80.9 Å². The number of nitrogens with zero attached hydrogens (tertiary/aromatic N) is 4. The van der Waals surface area contributed by atoms with Gasteiger partial charge in [0.2, 0.25) is 0 Å². The quantitative estimate of drug-likeness (QED) is 0.841. The van der Waals surface area contributed by atoms with E-state index in [1.165, 1.54) is 0 Å². The Hall–Kier alpha value is -2.24. The number of aromatic nitrogens is 4. The highest BCUT2D eigenvalue weighted by molar-refractivity contribution is 5.90. The van der Waals surface area contributed by atoms with Crippen molar-refractivity contribution in [3.8, 4) is 11.5 Å². The zero-order valence-corrected chi connectivity index (χ0v) is 9.80. The normalized spacial score (nSPS) is 10.5. The highest BCUT2D eigenvalue weighted by atomic mass is 16.4. The van der Waals surface area contributed by atoms with Gasteiger partial charge < -0.3 is 9.67 Å². The van der Waals surface area contributed by atoms with E-state index in [9.17, 15) is 4.79 Å². The number of imidazole rings is 1. The summed E-state index contributed by atoms with van der Waals surface area (Å²) in [5.74, 6) is -0.512. The zero-order chi connectivity index (χ0) is 12.6. The number of carboxylic acids is 1. The van der Waals surface area contributed by atoms with Crippen LogP contribution in [0.1, 0.15) is 21.7 Å². The molecule has 0 spiro atoms. The van der Waals surface area contributed by atoms with Crippen LogP contribution in [-0.4, -0.2) is 30.6 Å². The number of hydrogen-bond donors (Lipinski definition) is 1. The summed E-state index contributed by atoms with van der Waals surface area (Å²) in [6.45, 7) is 3.33. The molecule has 6 nitrogen and oxygen atoms in total. The lowest BCUT2D eigenvalue weighted by atomic mass is 10.1. The molecule has 6 heteroatoms. The summed E-state index contributed by atoms with van der Waals surface area (Å²) < 4.78 is 1.79. The van der Waals surface area contributed by atoms with E-state index in [1.54, 1.807) is 30.9 Å². The fourth-order valence-electron chi connectivity index (χ4n) is 1.71. The van der Waals surface area contributed by atoms with Crippen LogP contribution in [0.2, 0.25) is 0 Å². The van der Waals surface area contributed by atoms with Crippen molar-refractivity contribution in [1.82, 2.24) is 19.5 Å². The van der Waals surface area contributed by atoms with Crippen LogP contribution >= 0.6 is 0 Å². The smallest absolute Gasteiger partial charge is 0.339 e. The van der Waals surface area contributed by atoms with Gasteiger partial charge in [0.15, 0.2) is 5.82 Å². The van der Waals surface area contributed by atoms with Gasteiger partial charge in [-0.25, -0.2) is 19.7 Å². The number of hydrogen-bond acceptors (Lipinski definition) is 4. The summed E-state index contributed by atoms with van der Waals surface area (Å²) in [4.78, 5) is 23.4. The second kappa shape index (κ2) is 3.97. The second-order valence-electron chi connectivity index (χ2n) is 3.79. The van der Waals surface area contributed by atoms with Gasteiger partial charge in [0.05, 0.1) is 23.9 Å². The largest absolute Gasteiger partial charge is 0.478 e. The van der Waals surface area contributed by atoms with Gasteiger partial charge in [-0.2, -0.15) is 0 Å². The zero-order valence-electron chi connectivity index (χ0n) is 9.80. The number of rotatable bonds is 2. The van der Waals surface area contributed by atoms with Crippen LogP contribution in [0.15, 0.2) is 12.5 Å². The van der Waals surface area contributed by atoms with Crippen LogP contribution < -0.4 is 0 Å². The van der Waals surface area contributed by atoms with Gasteiger partial charge in [0, 0.05) is 7.05 Å². The average molecular weight is 232 g/mol. The molecule has 2 rings (SSSR count). The first-order valence-electron chi connectivity index (χ1n) is 5.06. The molecule has 0 fully saturated rings. The Morgan fingerprint density at radius 3 is 2.29 bits per heavy atom. The average Bonchev–Trinajstić information content (AvgIpc) is 2.62. The van der Waals surface area contributed by atoms with E-state index in [0.717, 1.165) is 5.69 Å². The van der Waals surface area contributed by atoms with E-state index in [1.807, 2.05) is 7.05 Å². The van der Waals surface area contributed by atoms with Crippen LogP contribution in [-0.2, 0) is 7.05 Å². The molecule has 2 aromatic rings. The maximum Gasteiger partial charge on any atom is 0.339 e. The molecule has 0 saturated heterocycles. The predicted octanol–water partition coefficient (Wildman–Crippen LogP) is 1.19. The number of aromatic carboxylic acids is 1. The fourth-order valence-corrected chi connectivity index (χ4v) is 1.71. The summed E-state index contributed by atoms with van der Waals surface area (Å²) >= 11 is 0. The third-order valence-corrected chi connectivity index (χ3v) is 2.53. The van der Waals surface area contributed by atoms with Gasteiger partial charge >= 0.3 is 5.97 Å². The lowest BCUT2D eigenvalue weighted by molar-refractivity contribution is 0.0694. The van der Waals surface area contributed by atoms with Crippen LogP contribution in [0.5, 0.6) is 0 Å². The van der Waals surface area contributed by atoms with Crippen molar-refractivity contribution in [2.75, 3.05) is 0 Å². The molecule has 0 aliphatic heterocycles. The summed E-state index contributed by atoms with van der Waals surface area (Å²) in [7, 11) is 1.83. The van der Waals surface area contributed by atoms with Crippen molar-refractivity contribution in [2.24, 2.45) is 7.05 Å². The molecule has 0 saturated carbocycles. The molecular formula is C11H12N4O2. The fraction of sp³-hybridized carbons (Fsp3) is 0.273. The molecular weight excluding hydrogens is 220 g/mol. The molecule has 0 amide bonds. The maximum absolute atomic E-state index is 11.0. The van der Waals surface area contributed by atoms with Crippen LogP contribution in [0.4, 0.5) is 0 Å².